The molecule has 0 aliphatic heterocycles. The summed E-state index contributed by atoms with van der Waals surface area (Å²) >= 11 is 11.7. The zero-order chi connectivity index (χ0) is 14.3. The van der Waals surface area contributed by atoms with Crippen LogP contribution in [0.3, 0.4) is 0 Å². The lowest BCUT2D eigenvalue weighted by atomic mass is 10.2. The van der Waals surface area contributed by atoms with Crippen molar-refractivity contribution in [2.45, 2.75) is 23.6 Å². The molecule has 2 aliphatic rings. The largest absolute Gasteiger partial charge is 0.326 e. The van der Waals surface area contributed by atoms with Gasteiger partial charge in [0, 0.05) is 17.3 Å². The fourth-order valence-electron chi connectivity index (χ4n) is 1.95. The van der Waals surface area contributed by atoms with Crippen LogP contribution in [0.4, 0.5) is 11.4 Å². The summed E-state index contributed by atoms with van der Waals surface area (Å²) < 4.78 is -0.914. The molecule has 1 atom stereocenters. The van der Waals surface area contributed by atoms with Crippen molar-refractivity contribution < 1.29 is 9.59 Å². The van der Waals surface area contributed by atoms with Crippen LogP contribution in [0.15, 0.2) is 24.3 Å². The van der Waals surface area contributed by atoms with Crippen LogP contribution in [0.5, 0.6) is 0 Å². The van der Waals surface area contributed by atoms with Gasteiger partial charge in [-0.1, -0.05) is 0 Å². The minimum atomic E-state index is -0.914. The second kappa shape index (κ2) is 4.93. The molecule has 1 unspecified atom stereocenters. The van der Waals surface area contributed by atoms with Crippen molar-refractivity contribution in [2.75, 3.05) is 10.6 Å². The minimum absolute atomic E-state index is 0.0637. The maximum atomic E-state index is 11.8. The lowest BCUT2D eigenvalue weighted by Crippen LogP contribution is -2.17. The zero-order valence-electron chi connectivity index (χ0n) is 10.7. The van der Waals surface area contributed by atoms with E-state index in [1.54, 1.807) is 24.3 Å². The van der Waals surface area contributed by atoms with Crippen LogP contribution in [0.2, 0.25) is 0 Å². The van der Waals surface area contributed by atoms with Gasteiger partial charge in [-0.3, -0.25) is 9.59 Å². The highest BCUT2D eigenvalue weighted by molar-refractivity contribution is 6.52. The van der Waals surface area contributed by atoms with Crippen LogP contribution in [-0.2, 0) is 9.59 Å². The van der Waals surface area contributed by atoms with Gasteiger partial charge in [-0.05, 0) is 43.5 Å². The van der Waals surface area contributed by atoms with Crippen molar-refractivity contribution in [3.63, 3.8) is 0 Å². The van der Waals surface area contributed by atoms with Gasteiger partial charge in [0.1, 0.15) is 4.33 Å². The number of carbonyl (C=O) groups excluding carboxylic acids is 2. The standard InChI is InChI=1S/C14H14Cl2N2O2/c15-14(16)7-11(14)13(20)18-10-5-3-9(4-6-10)17-12(19)8-1-2-8/h3-6,8,11H,1-2,7H2,(H,17,19)(H,18,20). The molecule has 0 bridgehead atoms. The summed E-state index contributed by atoms with van der Waals surface area (Å²) in [5, 5.41) is 5.59. The van der Waals surface area contributed by atoms with Gasteiger partial charge in [0.2, 0.25) is 11.8 Å². The number of hydrogen-bond donors (Lipinski definition) is 2. The minimum Gasteiger partial charge on any atom is -0.326 e. The second-order valence-electron chi connectivity index (χ2n) is 5.35. The Labute approximate surface area is 126 Å². The number of benzene rings is 1. The fraction of sp³-hybridized carbons (Fsp3) is 0.429. The predicted molar refractivity (Wildman–Crippen MR) is 79.0 cm³/mol. The maximum Gasteiger partial charge on any atom is 0.230 e. The molecule has 0 spiro atoms. The summed E-state index contributed by atoms with van der Waals surface area (Å²) in [5.41, 5.74) is 1.39. The quantitative estimate of drug-likeness (QED) is 0.839. The van der Waals surface area contributed by atoms with Crippen LogP contribution >= 0.6 is 23.2 Å². The molecule has 0 heterocycles. The van der Waals surface area contributed by atoms with E-state index < -0.39 is 4.33 Å². The molecule has 0 aromatic heterocycles. The summed E-state index contributed by atoms with van der Waals surface area (Å²) in [4.78, 5) is 23.4. The molecule has 2 saturated carbocycles. The summed E-state index contributed by atoms with van der Waals surface area (Å²) in [5.74, 6) is -0.288. The monoisotopic (exact) mass is 312 g/mol. The molecular formula is C14H14Cl2N2O2. The molecule has 3 rings (SSSR count). The van der Waals surface area contributed by atoms with Crippen LogP contribution in [0.1, 0.15) is 19.3 Å². The van der Waals surface area contributed by atoms with Gasteiger partial charge in [0.05, 0.1) is 5.92 Å². The van der Waals surface area contributed by atoms with Crippen molar-refractivity contribution in [1.29, 1.82) is 0 Å². The number of rotatable bonds is 4. The number of hydrogen-bond acceptors (Lipinski definition) is 2. The number of alkyl halides is 2. The zero-order valence-corrected chi connectivity index (χ0v) is 12.2. The molecule has 20 heavy (non-hydrogen) atoms. The van der Waals surface area contributed by atoms with Gasteiger partial charge in [0.15, 0.2) is 0 Å². The molecule has 2 amide bonds. The molecule has 2 N–H and O–H groups in total. The number of anilines is 2. The maximum absolute atomic E-state index is 11.8. The van der Waals surface area contributed by atoms with Crippen LogP contribution in [0.25, 0.3) is 0 Å². The van der Waals surface area contributed by atoms with Crippen molar-refractivity contribution in [3.05, 3.63) is 24.3 Å². The third-order valence-electron chi connectivity index (χ3n) is 3.51. The van der Waals surface area contributed by atoms with E-state index in [2.05, 4.69) is 10.6 Å². The van der Waals surface area contributed by atoms with E-state index >= 15 is 0 Å². The first-order chi connectivity index (χ1) is 9.45. The Balaban J connectivity index is 1.56. The first-order valence-corrected chi connectivity index (χ1v) is 7.31. The van der Waals surface area contributed by atoms with E-state index in [1.165, 1.54) is 0 Å². The summed E-state index contributed by atoms with van der Waals surface area (Å²) in [6.45, 7) is 0. The molecule has 1 aromatic rings. The van der Waals surface area contributed by atoms with Gasteiger partial charge in [0.25, 0.3) is 0 Å². The van der Waals surface area contributed by atoms with E-state index in [0.717, 1.165) is 18.5 Å². The van der Waals surface area contributed by atoms with Crippen LogP contribution in [-0.4, -0.2) is 16.1 Å². The molecule has 4 nitrogen and oxygen atoms in total. The Morgan fingerprint density at radius 1 is 1.00 bits per heavy atom. The number of halogens is 2. The first-order valence-electron chi connectivity index (χ1n) is 6.55. The van der Waals surface area contributed by atoms with Gasteiger partial charge < -0.3 is 10.6 Å². The van der Waals surface area contributed by atoms with Gasteiger partial charge in [-0.15, -0.1) is 23.2 Å². The third-order valence-corrected chi connectivity index (χ3v) is 4.35. The van der Waals surface area contributed by atoms with Gasteiger partial charge >= 0.3 is 0 Å². The Morgan fingerprint density at radius 2 is 1.45 bits per heavy atom. The van der Waals surface area contributed by atoms with Gasteiger partial charge in [-0.2, -0.15) is 0 Å². The first kappa shape index (κ1) is 13.7. The van der Waals surface area contributed by atoms with E-state index in [-0.39, 0.29) is 23.7 Å². The Morgan fingerprint density at radius 3 is 1.85 bits per heavy atom. The average molecular weight is 313 g/mol. The van der Waals surface area contributed by atoms with Crippen molar-refractivity contribution in [2.24, 2.45) is 11.8 Å². The van der Waals surface area contributed by atoms with Crippen molar-refractivity contribution in [1.82, 2.24) is 0 Å². The van der Waals surface area contributed by atoms with E-state index in [0.29, 0.717) is 12.1 Å². The van der Waals surface area contributed by atoms with Crippen molar-refractivity contribution >= 4 is 46.4 Å². The predicted octanol–water partition coefficient (Wildman–Crippen LogP) is 3.17. The van der Waals surface area contributed by atoms with E-state index in [4.69, 9.17) is 23.2 Å². The Hall–Kier alpha value is -1.26. The topological polar surface area (TPSA) is 58.2 Å². The summed E-state index contributed by atoms with van der Waals surface area (Å²) in [6.07, 6.45) is 2.43. The number of amides is 2. The average Bonchev–Trinajstić information content (AvgIpc) is 3.28. The lowest BCUT2D eigenvalue weighted by molar-refractivity contribution is -0.118. The molecule has 106 valence electrons. The fourth-order valence-corrected chi connectivity index (χ4v) is 2.46. The molecule has 1 aromatic carbocycles. The molecule has 6 heteroatoms. The Kier molecular flexibility index (Phi) is 3.38. The Bertz CT molecular complexity index is 553. The smallest absolute Gasteiger partial charge is 0.230 e. The number of nitrogens with one attached hydrogen (secondary N) is 2. The normalized spacial score (nSPS) is 23.0. The number of carbonyl (C=O) groups is 2. The lowest BCUT2D eigenvalue weighted by Gasteiger charge is -2.07. The molecule has 2 aliphatic carbocycles. The van der Waals surface area contributed by atoms with Crippen LogP contribution < -0.4 is 10.6 Å². The highest BCUT2D eigenvalue weighted by atomic mass is 35.5. The highest BCUT2D eigenvalue weighted by Crippen LogP contribution is 2.53. The second-order valence-corrected chi connectivity index (χ2v) is 6.89. The summed E-state index contributed by atoms with van der Waals surface area (Å²) in [6, 6.07) is 7.01. The third kappa shape index (κ3) is 3.07. The molecular weight excluding hydrogens is 299 g/mol. The molecule has 2 fully saturated rings. The van der Waals surface area contributed by atoms with E-state index in [9.17, 15) is 9.59 Å². The van der Waals surface area contributed by atoms with Crippen LogP contribution in [0, 0.1) is 11.8 Å². The molecule has 0 saturated heterocycles. The summed E-state index contributed by atoms with van der Waals surface area (Å²) in [7, 11) is 0. The molecule has 0 radical (unpaired) electrons. The van der Waals surface area contributed by atoms with Gasteiger partial charge in [-0.25, -0.2) is 0 Å². The van der Waals surface area contributed by atoms with E-state index in [1.807, 2.05) is 0 Å². The highest BCUT2D eigenvalue weighted by Gasteiger charge is 2.56. The van der Waals surface area contributed by atoms with Crippen molar-refractivity contribution in [3.8, 4) is 0 Å². The SMILES string of the molecule is O=C(Nc1ccc(NC(=O)C2CC2(Cl)Cl)cc1)C1CC1.